The molecule has 0 aliphatic carbocycles. The van der Waals surface area contributed by atoms with Crippen molar-refractivity contribution in [3.63, 3.8) is 0 Å². The third-order valence-corrected chi connectivity index (χ3v) is 7.68. The SMILES string of the molecule is NS(=O)(=O)c1cc(S(N)(=O)=O)c(NS(=O)(=O)c2cccc3ccccc23)cc1Cl. The average Bonchev–Trinajstić information content (AvgIpc) is 2.58. The Bertz CT molecular complexity index is 1450. The van der Waals surface area contributed by atoms with Crippen molar-refractivity contribution in [2.24, 2.45) is 10.3 Å². The minimum absolute atomic E-state index is 0.123. The van der Waals surface area contributed by atoms with Crippen LogP contribution in [0.2, 0.25) is 5.02 Å². The van der Waals surface area contributed by atoms with Crippen LogP contribution in [-0.2, 0) is 30.1 Å². The van der Waals surface area contributed by atoms with Crippen LogP contribution >= 0.6 is 11.6 Å². The van der Waals surface area contributed by atoms with Crippen LogP contribution in [0.5, 0.6) is 0 Å². The topological polar surface area (TPSA) is 166 Å². The summed E-state index contributed by atoms with van der Waals surface area (Å²) in [7, 11) is -13.2. The molecule has 13 heteroatoms. The Morgan fingerprint density at radius 3 is 1.93 bits per heavy atom. The first-order valence-electron chi connectivity index (χ1n) is 7.70. The molecular weight excluding hydrogens is 462 g/mol. The number of halogens is 1. The molecule has 5 N–H and O–H groups in total. The lowest BCUT2D eigenvalue weighted by molar-refractivity contribution is 0.596. The van der Waals surface area contributed by atoms with Crippen LogP contribution in [0.15, 0.2) is 69.3 Å². The van der Waals surface area contributed by atoms with Gasteiger partial charge in [-0.3, -0.25) is 4.72 Å². The van der Waals surface area contributed by atoms with E-state index in [0.717, 1.165) is 6.07 Å². The van der Waals surface area contributed by atoms with E-state index in [1.807, 2.05) is 0 Å². The Morgan fingerprint density at radius 1 is 0.724 bits per heavy atom. The van der Waals surface area contributed by atoms with Crippen LogP contribution in [0.4, 0.5) is 5.69 Å². The van der Waals surface area contributed by atoms with Crippen LogP contribution in [0, 0.1) is 0 Å². The van der Waals surface area contributed by atoms with E-state index >= 15 is 0 Å². The standard InChI is InChI=1S/C16H14ClN3O6S3/c17-12-8-13(16(28(19,23)24)9-15(12)27(18,21)22)20-29(25,26)14-7-3-5-10-4-1-2-6-11(10)14/h1-9,20H,(H2,18,21,22)(H2,19,23,24). The highest BCUT2D eigenvalue weighted by Gasteiger charge is 2.26. The molecule has 3 aromatic carbocycles. The summed E-state index contributed by atoms with van der Waals surface area (Å²) in [6.07, 6.45) is 0. The van der Waals surface area contributed by atoms with E-state index < -0.39 is 50.6 Å². The van der Waals surface area contributed by atoms with Gasteiger partial charge in [0, 0.05) is 5.39 Å². The van der Waals surface area contributed by atoms with E-state index in [1.54, 1.807) is 30.3 Å². The Hall–Kier alpha value is -2.22. The van der Waals surface area contributed by atoms with Gasteiger partial charge in [0.1, 0.15) is 9.79 Å². The minimum atomic E-state index is -4.54. The first-order chi connectivity index (χ1) is 13.3. The third-order valence-electron chi connectivity index (χ3n) is 3.93. The van der Waals surface area contributed by atoms with Gasteiger partial charge in [-0.2, -0.15) is 0 Å². The average molecular weight is 476 g/mol. The van der Waals surface area contributed by atoms with Gasteiger partial charge in [-0.1, -0.05) is 48.0 Å². The molecule has 0 amide bonds. The molecule has 0 aliphatic rings. The molecule has 0 radical (unpaired) electrons. The molecule has 0 unspecified atom stereocenters. The summed E-state index contributed by atoms with van der Waals surface area (Å²) in [5.41, 5.74) is -0.516. The predicted octanol–water partition coefficient (Wildman–Crippen LogP) is 1.59. The summed E-state index contributed by atoms with van der Waals surface area (Å²) in [4.78, 5) is -1.63. The summed E-state index contributed by atoms with van der Waals surface area (Å²) >= 11 is 5.88. The number of hydrogen-bond acceptors (Lipinski definition) is 6. The van der Waals surface area contributed by atoms with Crippen molar-refractivity contribution in [3.05, 3.63) is 59.6 Å². The molecule has 0 atom stereocenters. The fourth-order valence-corrected chi connectivity index (χ4v) is 5.94. The van der Waals surface area contributed by atoms with E-state index in [1.165, 1.54) is 12.1 Å². The number of hydrogen-bond donors (Lipinski definition) is 3. The number of anilines is 1. The number of primary sulfonamides is 2. The molecule has 0 aromatic heterocycles. The largest absolute Gasteiger partial charge is 0.278 e. The maximum atomic E-state index is 13.0. The minimum Gasteiger partial charge on any atom is -0.278 e. The van der Waals surface area contributed by atoms with Crippen LogP contribution in [-0.4, -0.2) is 25.3 Å². The lowest BCUT2D eigenvalue weighted by Crippen LogP contribution is -2.21. The van der Waals surface area contributed by atoms with Crippen molar-refractivity contribution in [3.8, 4) is 0 Å². The molecule has 154 valence electrons. The number of nitrogens with one attached hydrogen (secondary N) is 1. The van der Waals surface area contributed by atoms with Crippen molar-refractivity contribution < 1.29 is 25.3 Å². The highest BCUT2D eigenvalue weighted by Crippen LogP contribution is 2.33. The van der Waals surface area contributed by atoms with Crippen LogP contribution in [0.25, 0.3) is 10.8 Å². The molecule has 3 aromatic rings. The number of benzene rings is 3. The second-order valence-electron chi connectivity index (χ2n) is 5.95. The second kappa shape index (κ2) is 7.23. The number of sulfonamides is 3. The van der Waals surface area contributed by atoms with Crippen LogP contribution < -0.4 is 15.0 Å². The summed E-state index contributed by atoms with van der Waals surface area (Å²) < 4.78 is 75.1. The quantitative estimate of drug-likeness (QED) is 0.506. The monoisotopic (exact) mass is 475 g/mol. The number of fused-ring (bicyclic) bond motifs is 1. The zero-order valence-electron chi connectivity index (χ0n) is 14.4. The Morgan fingerprint density at radius 2 is 1.31 bits per heavy atom. The first-order valence-corrected chi connectivity index (χ1v) is 12.7. The van der Waals surface area contributed by atoms with Gasteiger partial charge in [0.15, 0.2) is 0 Å². The normalized spacial score (nSPS) is 12.8. The maximum absolute atomic E-state index is 13.0. The Kier molecular flexibility index (Phi) is 5.36. The van der Waals surface area contributed by atoms with Crippen molar-refractivity contribution in [2.45, 2.75) is 14.7 Å². The molecule has 0 aliphatic heterocycles. The fourth-order valence-electron chi connectivity index (χ4n) is 2.70. The van der Waals surface area contributed by atoms with Crippen LogP contribution in [0.3, 0.4) is 0 Å². The maximum Gasteiger partial charge on any atom is 0.262 e. The molecule has 0 saturated carbocycles. The van der Waals surface area contributed by atoms with Crippen LogP contribution in [0.1, 0.15) is 0 Å². The number of rotatable bonds is 5. The summed E-state index contributed by atoms with van der Waals surface area (Å²) in [6.45, 7) is 0. The molecule has 29 heavy (non-hydrogen) atoms. The predicted molar refractivity (Wildman–Crippen MR) is 109 cm³/mol. The molecule has 0 saturated heterocycles. The van der Waals surface area contributed by atoms with E-state index in [9.17, 15) is 25.3 Å². The molecule has 0 heterocycles. The first kappa shape index (κ1) is 21.5. The van der Waals surface area contributed by atoms with Crippen molar-refractivity contribution >= 4 is 58.1 Å². The van der Waals surface area contributed by atoms with E-state index in [-0.39, 0.29) is 4.90 Å². The lowest BCUT2D eigenvalue weighted by atomic mass is 10.1. The molecule has 0 fully saturated rings. The van der Waals surface area contributed by atoms with E-state index in [0.29, 0.717) is 16.8 Å². The molecular formula is C16H14ClN3O6S3. The van der Waals surface area contributed by atoms with Crippen molar-refractivity contribution in [1.29, 1.82) is 0 Å². The lowest BCUT2D eigenvalue weighted by Gasteiger charge is -2.15. The second-order valence-corrected chi connectivity index (χ2v) is 11.1. The Balaban J connectivity index is 2.23. The molecule has 0 spiro atoms. The highest BCUT2D eigenvalue weighted by molar-refractivity contribution is 7.93. The van der Waals surface area contributed by atoms with E-state index in [2.05, 4.69) is 4.72 Å². The molecule has 3 rings (SSSR count). The van der Waals surface area contributed by atoms with Crippen molar-refractivity contribution in [2.75, 3.05) is 4.72 Å². The zero-order valence-corrected chi connectivity index (χ0v) is 17.6. The van der Waals surface area contributed by atoms with Gasteiger partial charge in [0.25, 0.3) is 10.0 Å². The summed E-state index contributed by atoms with van der Waals surface area (Å²) in [6, 6.07) is 12.7. The van der Waals surface area contributed by atoms with Gasteiger partial charge in [0.2, 0.25) is 20.0 Å². The third kappa shape index (κ3) is 4.37. The van der Waals surface area contributed by atoms with Gasteiger partial charge in [-0.15, -0.1) is 0 Å². The van der Waals surface area contributed by atoms with Gasteiger partial charge in [0.05, 0.1) is 15.6 Å². The Labute approximate surface area is 172 Å². The molecule has 0 bridgehead atoms. The van der Waals surface area contributed by atoms with E-state index in [4.69, 9.17) is 21.9 Å². The van der Waals surface area contributed by atoms with Crippen molar-refractivity contribution in [1.82, 2.24) is 0 Å². The van der Waals surface area contributed by atoms with Gasteiger partial charge < -0.3 is 0 Å². The molecule has 9 nitrogen and oxygen atoms in total. The zero-order chi connectivity index (χ0) is 21.6. The smallest absolute Gasteiger partial charge is 0.262 e. The summed E-state index contributed by atoms with van der Waals surface area (Å²) in [5, 5.41) is 10.7. The summed E-state index contributed by atoms with van der Waals surface area (Å²) in [5.74, 6) is 0. The fraction of sp³-hybridized carbons (Fsp3) is 0. The van der Waals surface area contributed by atoms with Gasteiger partial charge in [-0.05, 0) is 23.6 Å². The number of nitrogens with two attached hydrogens (primary N) is 2. The highest BCUT2D eigenvalue weighted by atomic mass is 35.5. The van der Waals surface area contributed by atoms with Gasteiger partial charge in [-0.25, -0.2) is 35.5 Å². The van der Waals surface area contributed by atoms with Gasteiger partial charge >= 0.3 is 0 Å².